The summed E-state index contributed by atoms with van der Waals surface area (Å²) in [6, 6.07) is 0. The number of aliphatic hydroxyl groups excluding tert-OH is 1. The standard InChI is InChI=1S/C10H21NO3/c1-13-6-2-7-14-8-5-11-10(9-12)3-4-10/h11-12H,2-9H2,1H3. The summed E-state index contributed by atoms with van der Waals surface area (Å²) in [7, 11) is 1.69. The van der Waals surface area contributed by atoms with E-state index in [9.17, 15) is 0 Å². The quantitative estimate of drug-likeness (QED) is 0.524. The van der Waals surface area contributed by atoms with E-state index in [2.05, 4.69) is 5.32 Å². The van der Waals surface area contributed by atoms with Crippen LogP contribution >= 0.6 is 0 Å². The van der Waals surface area contributed by atoms with Crippen molar-refractivity contribution in [2.75, 3.05) is 40.1 Å². The Hall–Kier alpha value is -0.160. The number of hydrogen-bond acceptors (Lipinski definition) is 4. The minimum atomic E-state index is 0.0376. The molecule has 0 bridgehead atoms. The van der Waals surface area contributed by atoms with Gasteiger partial charge < -0.3 is 19.9 Å². The molecule has 0 heterocycles. The van der Waals surface area contributed by atoms with Crippen molar-refractivity contribution in [2.45, 2.75) is 24.8 Å². The molecule has 0 aromatic carbocycles. The molecule has 0 unspecified atom stereocenters. The first-order chi connectivity index (χ1) is 6.83. The molecule has 1 aliphatic carbocycles. The number of hydrogen-bond donors (Lipinski definition) is 2. The summed E-state index contributed by atoms with van der Waals surface area (Å²) >= 11 is 0. The fraction of sp³-hybridized carbons (Fsp3) is 1.00. The Bertz CT molecular complexity index is 148. The Balaban J connectivity index is 1.80. The average Bonchev–Trinajstić information content (AvgIpc) is 2.98. The van der Waals surface area contributed by atoms with Crippen molar-refractivity contribution in [2.24, 2.45) is 0 Å². The van der Waals surface area contributed by atoms with Crippen LogP contribution in [-0.4, -0.2) is 50.7 Å². The SMILES string of the molecule is COCCCOCCNC1(CO)CC1. The Morgan fingerprint density at radius 3 is 2.64 bits per heavy atom. The maximum Gasteiger partial charge on any atom is 0.0613 e. The van der Waals surface area contributed by atoms with E-state index in [0.29, 0.717) is 6.61 Å². The van der Waals surface area contributed by atoms with Crippen molar-refractivity contribution in [3.8, 4) is 0 Å². The van der Waals surface area contributed by atoms with Crippen LogP contribution in [0.25, 0.3) is 0 Å². The van der Waals surface area contributed by atoms with Gasteiger partial charge in [-0.3, -0.25) is 0 Å². The molecule has 0 spiro atoms. The number of ether oxygens (including phenoxy) is 2. The summed E-state index contributed by atoms with van der Waals surface area (Å²) in [6.07, 6.45) is 3.13. The maximum absolute atomic E-state index is 9.01. The molecule has 0 amide bonds. The summed E-state index contributed by atoms with van der Waals surface area (Å²) in [5.41, 5.74) is 0.0376. The van der Waals surface area contributed by atoms with Crippen LogP contribution in [0.4, 0.5) is 0 Å². The Labute approximate surface area is 85.6 Å². The van der Waals surface area contributed by atoms with E-state index >= 15 is 0 Å². The Kier molecular flexibility index (Phi) is 5.40. The van der Waals surface area contributed by atoms with Crippen LogP contribution in [0, 0.1) is 0 Å². The van der Waals surface area contributed by atoms with Crippen LogP contribution in [0.1, 0.15) is 19.3 Å². The van der Waals surface area contributed by atoms with Gasteiger partial charge in [0.25, 0.3) is 0 Å². The fourth-order valence-corrected chi connectivity index (χ4v) is 1.34. The highest BCUT2D eigenvalue weighted by Crippen LogP contribution is 2.34. The zero-order valence-electron chi connectivity index (χ0n) is 8.92. The van der Waals surface area contributed by atoms with E-state index < -0.39 is 0 Å². The average molecular weight is 203 g/mol. The monoisotopic (exact) mass is 203 g/mol. The minimum absolute atomic E-state index is 0.0376. The van der Waals surface area contributed by atoms with Gasteiger partial charge in [-0.15, -0.1) is 0 Å². The molecule has 1 saturated carbocycles. The number of aliphatic hydroxyl groups is 1. The van der Waals surface area contributed by atoms with Crippen LogP contribution in [0.5, 0.6) is 0 Å². The van der Waals surface area contributed by atoms with E-state index in [1.165, 1.54) is 0 Å². The van der Waals surface area contributed by atoms with Crippen molar-refractivity contribution in [1.82, 2.24) is 5.32 Å². The third-order valence-corrected chi connectivity index (χ3v) is 2.54. The zero-order valence-corrected chi connectivity index (χ0v) is 8.92. The Morgan fingerprint density at radius 2 is 2.07 bits per heavy atom. The maximum atomic E-state index is 9.01. The lowest BCUT2D eigenvalue weighted by Gasteiger charge is -2.13. The molecule has 1 rings (SSSR count). The van der Waals surface area contributed by atoms with Gasteiger partial charge in [0.2, 0.25) is 0 Å². The second-order valence-corrected chi connectivity index (χ2v) is 3.82. The molecule has 4 heteroatoms. The molecular formula is C10H21NO3. The number of nitrogens with one attached hydrogen (secondary N) is 1. The molecule has 4 nitrogen and oxygen atoms in total. The molecule has 0 aromatic rings. The van der Waals surface area contributed by atoms with Gasteiger partial charge >= 0.3 is 0 Å². The highest BCUT2D eigenvalue weighted by Gasteiger charge is 2.41. The lowest BCUT2D eigenvalue weighted by atomic mass is 10.3. The highest BCUT2D eigenvalue weighted by molar-refractivity contribution is 5.01. The molecule has 0 saturated heterocycles. The zero-order chi connectivity index (χ0) is 10.3. The minimum Gasteiger partial charge on any atom is -0.394 e. The summed E-state index contributed by atoms with van der Waals surface area (Å²) < 4.78 is 10.3. The first kappa shape index (κ1) is 11.9. The van der Waals surface area contributed by atoms with Crippen molar-refractivity contribution >= 4 is 0 Å². The molecule has 1 aliphatic rings. The van der Waals surface area contributed by atoms with Crippen LogP contribution in [0.3, 0.4) is 0 Å². The highest BCUT2D eigenvalue weighted by atomic mass is 16.5. The third-order valence-electron chi connectivity index (χ3n) is 2.54. The molecule has 0 aromatic heterocycles. The number of rotatable bonds is 9. The smallest absolute Gasteiger partial charge is 0.0613 e. The van der Waals surface area contributed by atoms with Crippen molar-refractivity contribution in [1.29, 1.82) is 0 Å². The third kappa shape index (κ3) is 4.37. The topological polar surface area (TPSA) is 50.7 Å². The molecule has 0 aliphatic heterocycles. The van der Waals surface area contributed by atoms with Gasteiger partial charge in [-0.1, -0.05) is 0 Å². The second kappa shape index (κ2) is 6.35. The van der Waals surface area contributed by atoms with E-state index in [1.807, 2.05) is 0 Å². The lowest BCUT2D eigenvalue weighted by Crippen LogP contribution is -2.37. The van der Waals surface area contributed by atoms with Crippen LogP contribution in [0.2, 0.25) is 0 Å². The van der Waals surface area contributed by atoms with E-state index in [1.54, 1.807) is 7.11 Å². The molecular weight excluding hydrogens is 182 g/mol. The lowest BCUT2D eigenvalue weighted by molar-refractivity contribution is 0.100. The summed E-state index contributed by atoms with van der Waals surface area (Å²) in [4.78, 5) is 0. The Morgan fingerprint density at radius 1 is 1.29 bits per heavy atom. The van der Waals surface area contributed by atoms with E-state index in [-0.39, 0.29) is 12.1 Å². The summed E-state index contributed by atoms with van der Waals surface area (Å²) in [5, 5.41) is 12.3. The van der Waals surface area contributed by atoms with Crippen molar-refractivity contribution < 1.29 is 14.6 Å². The largest absolute Gasteiger partial charge is 0.394 e. The molecule has 14 heavy (non-hydrogen) atoms. The fourth-order valence-electron chi connectivity index (χ4n) is 1.34. The first-order valence-electron chi connectivity index (χ1n) is 5.25. The molecule has 2 N–H and O–H groups in total. The van der Waals surface area contributed by atoms with Gasteiger partial charge in [0, 0.05) is 32.4 Å². The predicted molar refractivity (Wildman–Crippen MR) is 54.4 cm³/mol. The first-order valence-corrected chi connectivity index (χ1v) is 5.25. The van der Waals surface area contributed by atoms with Gasteiger partial charge in [-0.25, -0.2) is 0 Å². The normalized spacial score (nSPS) is 18.4. The van der Waals surface area contributed by atoms with Gasteiger partial charge in [0.15, 0.2) is 0 Å². The van der Waals surface area contributed by atoms with Crippen LogP contribution < -0.4 is 5.32 Å². The van der Waals surface area contributed by atoms with Crippen molar-refractivity contribution in [3.63, 3.8) is 0 Å². The van der Waals surface area contributed by atoms with E-state index in [4.69, 9.17) is 14.6 Å². The predicted octanol–water partition coefficient (Wildman–Crippen LogP) is 0.154. The second-order valence-electron chi connectivity index (χ2n) is 3.82. The summed E-state index contributed by atoms with van der Waals surface area (Å²) in [5.74, 6) is 0. The van der Waals surface area contributed by atoms with Gasteiger partial charge in [-0.2, -0.15) is 0 Å². The molecule has 0 atom stereocenters. The van der Waals surface area contributed by atoms with E-state index in [0.717, 1.165) is 39.0 Å². The van der Waals surface area contributed by atoms with Crippen LogP contribution in [0.15, 0.2) is 0 Å². The molecule has 0 radical (unpaired) electrons. The van der Waals surface area contributed by atoms with Crippen molar-refractivity contribution in [3.05, 3.63) is 0 Å². The van der Waals surface area contributed by atoms with Gasteiger partial charge in [-0.05, 0) is 19.3 Å². The van der Waals surface area contributed by atoms with Gasteiger partial charge in [0.05, 0.1) is 13.2 Å². The summed E-state index contributed by atoms with van der Waals surface area (Å²) in [6.45, 7) is 3.30. The van der Waals surface area contributed by atoms with Crippen LogP contribution in [-0.2, 0) is 9.47 Å². The van der Waals surface area contributed by atoms with Gasteiger partial charge in [0.1, 0.15) is 0 Å². The number of methoxy groups -OCH3 is 1. The molecule has 84 valence electrons. The molecule has 1 fully saturated rings.